The molecule has 1 atom stereocenters. The van der Waals surface area contributed by atoms with E-state index in [4.69, 9.17) is 14.8 Å². The Kier molecular flexibility index (Phi) is 3.61. The van der Waals surface area contributed by atoms with Crippen LogP contribution in [0.4, 0.5) is 0 Å². The Morgan fingerprint density at radius 3 is 2.72 bits per heavy atom. The van der Waals surface area contributed by atoms with Crippen LogP contribution in [0.1, 0.15) is 55.6 Å². The lowest BCUT2D eigenvalue weighted by molar-refractivity contribution is 0.192. The number of nitrogens with zero attached hydrogens (tertiary/aromatic N) is 3. The molecule has 1 saturated heterocycles. The molecule has 1 aromatic heterocycles. The topological polar surface area (TPSA) is 60.2 Å². The molecule has 0 bridgehead atoms. The maximum Gasteiger partial charge on any atom is 0.154 e. The third kappa shape index (κ3) is 2.29. The summed E-state index contributed by atoms with van der Waals surface area (Å²) in [5, 5.41) is 13.8. The van der Waals surface area contributed by atoms with Crippen LogP contribution in [-0.4, -0.2) is 39.7 Å². The van der Waals surface area contributed by atoms with Crippen molar-refractivity contribution in [2.24, 2.45) is 0 Å². The number of ether oxygens (including phenoxy) is 1. The van der Waals surface area contributed by atoms with Crippen molar-refractivity contribution in [1.82, 2.24) is 14.8 Å². The third-order valence-corrected chi connectivity index (χ3v) is 4.04. The summed E-state index contributed by atoms with van der Waals surface area (Å²) in [7, 11) is 0. The highest BCUT2D eigenvalue weighted by molar-refractivity contribution is 5.06. The minimum atomic E-state index is 0.119. The van der Waals surface area contributed by atoms with Crippen molar-refractivity contribution in [2.75, 3.05) is 19.8 Å². The average Bonchev–Trinajstić information content (AvgIpc) is 3.11. The molecule has 0 spiro atoms. The summed E-state index contributed by atoms with van der Waals surface area (Å²) in [4.78, 5) is 4.75. The van der Waals surface area contributed by atoms with Crippen LogP contribution in [0, 0.1) is 0 Å². The van der Waals surface area contributed by atoms with Gasteiger partial charge in [0.2, 0.25) is 0 Å². The van der Waals surface area contributed by atoms with Crippen molar-refractivity contribution < 1.29 is 9.84 Å². The third-order valence-electron chi connectivity index (χ3n) is 4.04. The highest BCUT2D eigenvalue weighted by atomic mass is 16.5. The SMILES string of the molecule is OCCn1nc(C2CCCC2)nc1C1CCOC1. The molecule has 2 fully saturated rings. The van der Waals surface area contributed by atoms with Gasteiger partial charge >= 0.3 is 0 Å². The van der Waals surface area contributed by atoms with E-state index in [0.29, 0.717) is 18.4 Å². The summed E-state index contributed by atoms with van der Waals surface area (Å²) in [5.74, 6) is 2.90. The molecule has 1 N–H and O–H groups in total. The highest BCUT2D eigenvalue weighted by Crippen LogP contribution is 2.33. The van der Waals surface area contributed by atoms with Gasteiger partial charge < -0.3 is 9.84 Å². The molecule has 100 valence electrons. The molecule has 2 aliphatic rings. The second kappa shape index (κ2) is 5.36. The van der Waals surface area contributed by atoms with Gasteiger partial charge in [-0.15, -0.1) is 0 Å². The van der Waals surface area contributed by atoms with Crippen LogP contribution in [0.2, 0.25) is 0 Å². The summed E-state index contributed by atoms with van der Waals surface area (Å²) >= 11 is 0. The van der Waals surface area contributed by atoms with Crippen molar-refractivity contribution in [3.63, 3.8) is 0 Å². The number of aliphatic hydroxyl groups is 1. The fourth-order valence-electron chi connectivity index (χ4n) is 3.03. The number of aromatic nitrogens is 3. The molecular formula is C13H21N3O2. The Labute approximate surface area is 107 Å². The van der Waals surface area contributed by atoms with Crippen LogP contribution >= 0.6 is 0 Å². The van der Waals surface area contributed by atoms with Gasteiger partial charge in [0, 0.05) is 18.4 Å². The van der Waals surface area contributed by atoms with Gasteiger partial charge in [-0.05, 0) is 19.3 Å². The van der Waals surface area contributed by atoms with Crippen molar-refractivity contribution in [1.29, 1.82) is 0 Å². The van der Waals surface area contributed by atoms with Gasteiger partial charge in [-0.3, -0.25) is 0 Å². The highest BCUT2D eigenvalue weighted by Gasteiger charge is 2.27. The van der Waals surface area contributed by atoms with E-state index in [0.717, 1.165) is 31.3 Å². The molecule has 1 aliphatic carbocycles. The lowest BCUT2D eigenvalue weighted by Crippen LogP contribution is -2.12. The van der Waals surface area contributed by atoms with Gasteiger partial charge in [0.25, 0.3) is 0 Å². The van der Waals surface area contributed by atoms with Crippen molar-refractivity contribution in [2.45, 2.75) is 50.5 Å². The first-order valence-electron chi connectivity index (χ1n) is 7.01. The lowest BCUT2D eigenvalue weighted by Gasteiger charge is -2.07. The van der Waals surface area contributed by atoms with E-state index in [1.165, 1.54) is 25.7 Å². The minimum Gasteiger partial charge on any atom is -0.394 e. The van der Waals surface area contributed by atoms with E-state index < -0.39 is 0 Å². The zero-order valence-corrected chi connectivity index (χ0v) is 10.7. The van der Waals surface area contributed by atoms with E-state index in [2.05, 4.69) is 5.10 Å². The number of rotatable bonds is 4. The first kappa shape index (κ1) is 12.1. The molecule has 5 nitrogen and oxygen atoms in total. The molecular weight excluding hydrogens is 230 g/mol. The summed E-state index contributed by atoms with van der Waals surface area (Å²) in [5.41, 5.74) is 0. The number of aliphatic hydroxyl groups excluding tert-OH is 1. The Bertz CT molecular complexity index is 393. The summed E-state index contributed by atoms with van der Waals surface area (Å²) < 4.78 is 7.33. The zero-order valence-electron chi connectivity index (χ0n) is 10.7. The van der Waals surface area contributed by atoms with Crippen LogP contribution < -0.4 is 0 Å². The van der Waals surface area contributed by atoms with Crippen molar-refractivity contribution in [3.05, 3.63) is 11.6 Å². The van der Waals surface area contributed by atoms with Crippen LogP contribution in [0.25, 0.3) is 0 Å². The molecule has 3 rings (SSSR count). The molecule has 0 amide bonds. The van der Waals surface area contributed by atoms with E-state index in [1.54, 1.807) is 0 Å². The number of hydrogen-bond acceptors (Lipinski definition) is 4. The van der Waals surface area contributed by atoms with E-state index >= 15 is 0 Å². The van der Waals surface area contributed by atoms with Gasteiger partial charge in [-0.2, -0.15) is 5.10 Å². The maximum atomic E-state index is 9.14. The monoisotopic (exact) mass is 251 g/mol. The molecule has 0 radical (unpaired) electrons. The molecule has 1 aromatic rings. The molecule has 5 heteroatoms. The molecule has 1 saturated carbocycles. The van der Waals surface area contributed by atoms with Crippen LogP contribution in [-0.2, 0) is 11.3 Å². The predicted molar refractivity (Wildman–Crippen MR) is 66.5 cm³/mol. The Hall–Kier alpha value is -0.940. The van der Waals surface area contributed by atoms with Gasteiger partial charge in [0.15, 0.2) is 5.82 Å². The van der Waals surface area contributed by atoms with Gasteiger partial charge in [0.05, 0.1) is 19.8 Å². The van der Waals surface area contributed by atoms with E-state index in [-0.39, 0.29) is 6.61 Å². The van der Waals surface area contributed by atoms with Gasteiger partial charge in [-0.1, -0.05) is 12.8 Å². The van der Waals surface area contributed by atoms with Crippen molar-refractivity contribution in [3.8, 4) is 0 Å². The first-order chi connectivity index (χ1) is 8.88. The van der Waals surface area contributed by atoms with Crippen LogP contribution in [0.15, 0.2) is 0 Å². The fraction of sp³-hybridized carbons (Fsp3) is 0.846. The maximum absolute atomic E-state index is 9.14. The standard InChI is InChI=1S/C13H21N3O2/c17-7-6-16-13(11-5-8-18-9-11)14-12(15-16)10-3-1-2-4-10/h10-11,17H,1-9H2. The Balaban J connectivity index is 1.84. The first-order valence-corrected chi connectivity index (χ1v) is 7.01. The average molecular weight is 251 g/mol. The van der Waals surface area contributed by atoms with Crippen LogP contribution in [0.3, 0.4) is 0 Å². The Morgan fingerprint density at radius 2 is 2.06 bits per heavy atom. The molecule has 1 aliphatic heterocycles. The Morgan fingerprint density at radius 1 is 1.22 bits per heavy atom. The predicted octanol–water partition coefficient (Wildman–Crippen LogP) is 1.43. The number of hydrogen-bond donors (Lipinski definition) is 1. The fourth-order valence-corrected chi connectivity index (χ4v) is 3.03. The van der Waals surface area contributed by atoms with E-state index in [9.17, 15) is 0 Å². The quantitative estimate of drug-likeness (QED) is 0.879. The zero-order chi connectivity index (χ0) is 12.4. The molecule has 18 heavy (non-hydrogen) atoms. The van der Waals surface area contributed by atoms with Gasteiger partial charge in [-0.25, -0.2) is 9.67 Å². The van der Waals surface area contributed by atoms with Crippen LogP contribution in [0.5, 0.6) is 0 Å². The molecule has 1 unspecified atom stereocenters. The smallest absolute Gasteiger partial charge is 0.154 e. The molecule has 2 heterocycles. The second-order valence-electron chi connectivity index (χ2n) is 5.32. The summed E-state index contributed by atoms with van der Waals surface area (Å²) in [6.45, 7) is 2.23. The van der Waals surface area contributed by atoms with Gasteiger partial charge in [0.1, 0.15) is 5.82 Å². The summed E-state index contributed by atoms with van der Waals surface area (Å²) in [6.07, 6.45) is 6.03. The van der Waals surface area contributed by atoms with E-state index in [1.807, 2.05) is 4.68 Å². The molecule has 0 aromatic carbocycles. The lowest BCUT2D eigenvalue weighted by atomic mass is 10.1. The normalized spacial score (nSPS) is 25.1. The second-order valence-corrected chi connectivity index (χ2v) is 5.32. The summed E-state index contributed by atoms with van der Waals surface area (Å²) in [6, 6.07) is 0. The largest absolute Gasteiger partial charge is 0.394 e. The minimum absolute atomic E-state index is 0.119. The van der Waals surface area contributed by atoms with Crippen molar-refractivity contribution >= 4 is 0 Å².